The first-order valence-electron chi connectivity index (χ1n) is 12.0. The van der Waals surface area contributed by atoms with E-state index in [0.717, 1.165) is 38.0 Å². The zero-order chi connectivity index (χ0) is 24.3. The van der Waals surface area contributed by atoms with E-state index >= 15 is 0 Å². The number of ether oxygens (including phenoxy) is 1. The van der Waals surface area contributed by atoms with Gasteiger partial charge < -0.3 is 14.7 Å². The molecule has 2 aromatic rings. The maximum atomic E-state index is 13.3. The van der Waals surface area contributed by atoms with Crippen LogP contribution >= 0.6 is 0 Å². The van der Waals surface area contributed by atoms with E-state index in [9.17, 15) is 14.7 Å². The molecule has 3 unspecified atom stereocenters. The Morgan fingerprint density at radius 1 is 1.24 bits per heavy atom. The monoisotopic (exact) mass is 462 g/mol. The topological polar surface area (TPSA) is 70.1 Å². The molecule has 1 saturated carbocycles. The molecule has 180 valence electrons. The average Bonchev–Trinajstić information content (AvgIpc) is 2.83. The average molecular weight is 463 g/mol. The molecule has 34 heavy (non-hydrogen) atoms. The van der Waals surface area contributed by atoms with E-state index in [0.29, 0.717) is 12.0 Å². The van der Waals surface area contributed by atoms with E-state index in [1.165, 1.54) is 6.92 Å². The molecule has 6 heteroatoms. The van der Waals surface area contributed by atoms with Crippen molar-refractivity contribution >= 4 is 11.9 Å². The number of hydrogen-bond donors (Lipinski definition) is 1. The van der Waals surface area contributed by atoms with Gasteiger partial charge in [0.25, 0.3) is 5.91 Å². The quantitative estimate of drug-likeness (QED) is 0.519. The Kier molecular flexibility index (Phi) is 7.08. The van der Waals surface area contributed by atoms with Crippen molar-refractivity contribution in [2.75, 3.05) is 26.7 Å². The van der Waals surface area contributed by atoms with Gasteiger partial charge in [0.15, 0.2) is 0 Å². The van der Waals surface area contributed by atoms with Crippen LogP contribution in [-0.2, 0) is 14.9 Å². The molecule has 1 aliphatic heterocycles. The van der Waals surface area contributed by atoms with Crippen LogP contribution in [0.5, 0.6) is 5.75 Å². The van der Waals surface area contributed by atoms with Gasteiger partial charge in [0.2, 0.25) is 0 Å². The number of carbonyl (C=O) groups excluding carboxylic acids is 2. The SMILES string of the molecule is C=CCN1CCC2(c3cccc(O)c3)C[C@@H](N(C)C(=O)c3ccccc3)CC(OC(C)=O)C2C1. The summed E-state index contributed by atoms with van der Waals surface area (Å²) in [5, 5.41) is 10.3. The first-order chi connectivity index (χ1) is 16.3. The molecule has 1 aliphatic carbocycles. The highest BCUT2D eigenvalue weighted by atomic mass is 16.5. The number of carbonyl (C=O) groups is 2. The van der Waals surface area contributed by atoms with Crippen LogP contribution in [0.25, 0.3) is 0 Å². The van der Waals surface area contributed by atoms with Gasteiger partial charge >= 0.3 is 5.97 Å². The van der Waals surface area contributed by atoms with Crippen LogP contribution in [0.4, 0.5) is 0 Å². The third-order valence-corrected chi connectivity index (χ3v) is 7.61. The third kappa shape index (κ3) is 4.73. The molecule has 2 fully saturated rings. The second-order valence-electron chi connectivity index (χ2n) is 9.63. The molecule has 0 bridgehead atoms. The van der Waals surface area contributed by atoms with Crippen molar-refractivity contribution in [2.24, 2.45) is 5.92 Å². The van der Waals surface area contributed by atoms with E-state index in [-0.39, 0.29) is 41.1 Å². The summed E-state index contributed by atoms with van der Waals surface area (Å²) < 4.78 is 5.94. The van der Waals surface area contributed by atoms with Gasteiger partial charge in [-0.1, -0.05) is 36.4 Å². The molecule has 4 rings (SSSR count). The molecule has 2 aromatic carbocycles. The Balaban J connectivity index is 1.74. The number of amides is 1. The minimum atomic E-state index is -0.336. The fourth-order valence-corrected chi connectivity index (χ4v) is 5.98. The summed E-state index contributed by atoms with van der Waals surface area (Å²) in [7, 11) is 1.84. The Morgan fingerprint density at radius 2 is 2.00 bits per heavy atom. The Hall–Kier alpha value is -3.12. The molecule has 0 aromatic heterocycles. The van der Waals surface area contributed by atoms with Crippen molar-refractivity contribution < 1.29 is 19.4 Å². The summed E-state index contributed by atoms with van der Waals surface area (Å²) in [6.07, 6.45) is 3.74. The summed E-state index contributed by atoms with van der Waals surface area (Å²) >= 11 is 0. The molecular weight excluding hydrogens is 428 g/mol. The van der Waals surface area contributed by atoms with E-state index in [1.54, 1.807) is 6.07 Å². The first kappa shape index (κ1) is 24.0. The van der Waals surface area contributed by atoms with Crippen LogP contribution in [-0.4, -0.2) is 65.6 Å². The predicted molar refractivity (Wildman–Crippen MR) is 132 cm³/mol. The molecular formula is C28H34N2O4. The normalized spacial score (nSPS) is 26.8. The van der Waals surface area contributed by atoms with Gasteiger partial charge in [-0.15, -0.1) is 6.58 Å². The summed E-state index contributed by atoms with van der Waals surface area (Å²) in [4.78, 5) is 29.6. The summed E-state index contributed by atoms with van der Waals surface area (Å²) in [5.41, 5.74) is 1.35. The number of nitrogens with zero attached hydrogens (tertiary/aromatic N) is 2. The number of esters is 1. The summed E-state index contributed by atoms with van der Waals surface area (Å²) in [6.45, 7) is 7.75. The lowest BCUT2D eigenvalue weighted by Gasteiger charge is -2.56. The fraction of sp³-hybridized carbons (Fsp3) is 0.429. The Bertz CT molecular complexity index is 1040. The highest BCUT2D eigenvalue weighted by Gasteiger charge is 2.54. The minimum absolute atomic E-state index is 0.0409. The van der Waals surface area contributed by atoms with E-state index < -0.39 is 0 Å². The highest BCUT2D eigenvalue weighted by molar-refractivity contribution is 5.94. The van der Waals surface area contributed by atoms with Gasteiger partial charge in [-0.05, 0) is 49.2 Å². The minimum Gasteiger partial charge on any atom is -0.508 e. The lowest BCUT2D eigenvalue weighted by Crippen LogP contribution is -2.61. The van der Waals surface area contributed by atoms with E-state index in [2.05, 4.69) is 17.5 Å². The Labute approximate surface area is 201 Å². The molecule has 1 heterocycles. The number of rotatable bonds is 6. The van der Waals surface area contributed by atoms with Crippen LogP contribution in [0.1, 0.15) is 42.1 Å². The van der Waals surface area contributed by atoms with Gasteiger partial charge in [-0.25, -0.2) is 0 Å². The largest absolute Gasteiger partial charge is 0.508 e. The van der Waals surface area contributed by atoms with Gasteiger partial charge in [-0.2, -0.15) is 0 Å². The summed E-state index contributed by atoms with van der Waals surface area (Å²) in [5.74, 6) is -0.0866. The highest BCUT2D eigenvalue weighted by Crippen LogP contribution is 2.51. The van der Waals surface area contributed by atoms with Crippen LogP contribution in [0, 0.1) is 5.92 Å². The van der Waals surface area contributed by atoms with Gasteiger partial charge in [-0.3, -0.25) is 14.5 Å². The molecule has 6 nitrogen and oxygen atoms in total. The molecule has 0 radical (unpaired) electrons. The third-order valence-electron chi connectivity index (χ3n) is 7.61. The number of likely N-dealkylation sites (tertiary alicyclic amines) is 1. The second-order valence-corrected chi connectivity index (χ2v) is 9.63. The Morgan fingerprint density at radius 3 is 2.68 bits per heavy atom. The van der Waals surface area contributed by atoms with Crippen molar-refractivity contribution in [3.8, 4) is 5.75 Å². The zero-order valence-corrected chi connectivity index (χ0v) is 20.0. The maximum absolute atomic E-state index is 13.3. The maximum Gasteiger partial charge on any atom is 0.302 e. The second kappa shape index (κ2) is 10.0. The number of aromatic hydroxyl groups is 1. The van der Waals surface area contributed by atoms with Crippen LogP contribution < -0.4 is 0 Å². The van der Waals surface area contributed by atoms with E-state index in [1.807, 2.05) is 60.5 Å². The van der Waals surface area contributed by atoms with Crippen molar-refractivity contribution in [1.29, 1.82) is 0 Å². The fourth-order valence-electron chi connectivity index (χ4n) is 5.98. The number of hydrogen-bond acceptors (Lipinski definition) is 5. The number of fused-ring (bicyclic) bond motifs is 1. The first-order valence-corrected chi connectivity index (χ1v) is 12.0. The van der Waals surface area contributed by atoms with Crippen molar-refractivity contribution in [3.63, 3.8) is 0 Å². The van der Waals surface area contributed by atoms with Gasteiger partial charge in [0.1, 0.15) is 11.9 Å². The molecule has 0 spiro atoms. The lowest BCUT2D eigenvalue weighted by atomic mass is 9.56. The van der Waals surface area contributed by atoms with Gasteiger partial charge in [0.05, 0.1) is 0 Å². The summed E-state index contributed by atoms with van der Waals surface area (Å²) in [6, 6.07) is 16.6. The molecule has 1 N–H and O–H groups in total. The van der Waals surface area contributed by atoms with Crippen LogP contribution in [0.2, 0.25) is 0 Å². The van der Waals surface area contributed by atoms with Crippen LogP contribution in [0.15, 0.2) is 67.3 Å². The molecule has 1 amide bonds. The van der Waals surface area contributed by atoms with Crippen LogP contribution in [0.3, 0.4) is 0 Å². The predicted octanol–water partition coefficient (Wildman–Crippen LogP) is 4.00. The van der Waals surface area contributed by atoms with Crippen molar-refractivity contribution in [2.45, 2.75) is 43.7 Å². The number of benzene rings is 2. The number of phenolic OH excluding ortho intramolecular Hbond substituents is 1. The molecule has 1 saturated heterocycles. The van der Waals surface area contributed by atoms with E-state index in [4.69, 9.17) is 4.74 Å². The van der Waals surface area contributed by atoms with Crippen molar-refractivity contribution in [1.82, 2.24) is 9.80 Å². The van der Waals surface area contributed by atoms with Crippen molar-refractivity contribution in [3.05, 3.63) is 78.4 Å². The smallest absolute Gasteiger partial charge is 0.302 e. The molecule has 4 atom stereocenters. The zero-order valence-electron chi connectivity index (χ0n) is 20.0. The lowest BCUT2D eigenvalue weighted by molar-refractivity contribution is -0.158. The van der Waals surface area contributed by atoms with Gasteiger partial charge in [0, 0.05) is 56.4 Å². The number of phenols is 1. The molecule has 2 aliphatic rings. The number of piperidine rings is 1. The standard InChI is InChI=1S/C28H34N2O4/c1-4-14-30-15-13-28(22-11-8-12-24(32)16-22)18-23(17-26(25(28)19-30)34-20(2)31)29(3)27(33)21-9-6-5-7-10-21/h4-12,16,23,25-26,32H,1,13-15,17-19H2,2-3H3/t23-,25?,26?,28?/m0/s1.